The van der Waals surface area contributed by atoms with E-state index in [2.05, 4.69) is 24.3 Å². The zero-order valence-electron chi connectivity index (χ0n) is 12.5. The van der Waals surface area contributed by atoms with E-state index in [4.69, 9.17) is 16.3 Å². The minimum atomic E-state index is 0.119. The molecule has 5 heteroatoms. The van der Waals surface area contributed by atoms with Crippen LogP contribution in [0.2, 0.25) is 5.02 Å². The average Bonchev–Trinajstić information content (AvgIpc) is 2.66. The number of rotatable bonds is 4. The first-order valence-corrected chi connectivity index (χ1v) is 6.92. The van der Waals surface area contributed by atoms with Crippen LogP contribution in [0.15, 0.2) is 18.2 Å². The number of hydrogen-bond acceptors (Lipinski definition) is 3. The van der Waals surface area contributed by atoms with Crippen LogP contribution in [0.25, 0.3) is 0 Å². The molecule has 0 radical (unpaired) electrons. The highest BCUT2D eigenvalue weighted by atomic mass is 35.5. The van der Waals surface area contributed by atoms with Crippen molar-refractivity contribution in [3.8, 4) is 5.75 Å². The maximum Gasteiger partial charge on any atom is 0.121 e. The minimum Gasteiger partial charge on any atom is -0.497 e. The molecule has 0 aliphatic carbocycles. The van der Waals surface area contributed by atoms with Crippen LogP contribution in [0.4, 0.5) is 5.69 Å². The van der Waals surface area contributed by atoms with E-state index in [-0.39, 0.29) is 6.04 Å². The lowest BCUT2D eigenvalue weighted by molar-refractivity contribution is 0.415. The Morgan fingerprint density at radius 3 is 2.60 bits per heavy atom. The molecule has 1 N–H and O–H groups in total. The summed E-state index contributed by atoms with van der Waals surface area (Å²) in [6, 6.07) is 5.70. The highest BCUT2D eigenvalue weighted by molar-refractivity contribution is 6.33. The molecule has 1 heterocycles. The van der Waals surface area contributed by atoms with Gasteiger partial charge in [0.05, 0.1) is 29.6 Å². The second-order valence-corrected chi connectivity index (χ2v) is 5.33. The third-order valence-corrected chi connectivity index (χ3v) is 3.87. The molecule has 2 rings (SSSR count). The van der Waals surface area contributed by atoms with Gasteiger partial charge in [-0.05, 0) is 32.9 Å². The first-order valence-electron chi connectivity index (χ1n) is 6.54. The summed E-state index contributed by atoms with van der Waals surface area (Å²) in [5.41, 5.74) is 4.25. The Morgan fingerprint density at radius 1 is 1.35 bits per heavy atom. The summed E-state index contributed by atoms with van der Waals surface area (Å²) in [4.78, 5) is 0. The summed E-state index contributed by atoms with van der Waals surface area (Å²) in [5.74, 6) is 0.781. The summed E-state index contributed by atoms with van der Waals surface area (Å²) in [6.07, 6.45) is 0. The molecule has 0 bridgehead atoms. The number of nitrogens with one attached hydrogen (secondary N) is 1. The second-order valence-electron chi connectivity index (χ2n) is 4.92. The quantitative estimate of drug-likeness (QED) is 0.930. The third-order valence-electron chi connectivity index (χ3n) is 3.54. The molecule has 0 fully saturated rings. The van der Waals surface area contributed by atoms with Crippen molar-refractivity contribution in [1.82, 2.24) is 9.78 Å². The molecule has 20 heavy (non-hydrogen) atoms. The van der Waals surface area contributed by atoms with E-state index in [0.717, 1.165) is 22.8 Å². The Labute approximate surface area is 124 Å². The van der Waals surface area contributed by atoms with E-state index in [9.17, 15) is 0 Å². The number of aryl methyl sites for hydroxylation is 2. The van der Waals surface area contributed by atoms with Crippen molar-refractivity contribution >= 4 is 17.3 Å². The van der Waals surface area contributed by atoms with Gasteiger partial charge in [0, 0.05) is 24.4 Å². The van der Waals surface area contributed by atoms with Gasteiger partial charge < -0.3 is 10.1 Å². The maximum absolute atomic E-state index is 6.23. The highest BCUT2D eigenvalue weighted by Gasteiger charge is 2.17. The zero-order valence-corrected chi connectivity index (χ0v) is 13.2. The fraction of sp³-hybridized carbons (Fsp3) is 0.400. The number of nitrogens with zero attached hydrogens (tertiary/aromatic N) is 2. The number of hydrogen-bond donors (Lipinski definition) is 1. The topological polar surface area (TPSA) is 39.1 Å². The maximum atomic E-state index is 6.23. The van der Waals surface area contributed by atoms with Crippen molar-refractivity contribution < 1.29 is 4.74 Å². The Hall–Kier alpha value is -1.68. The summed E-state index contributed by atoms with van der Waals surface area (Å²) >= 11 is 6.23. The summed E-state index contributed by atoms with van der Waals surface area (Å²) in [5, 5.41) is 8.56. The first-order chi connectivity index (χ1) is 9.43. The fourth-order valence-electron chi connectivity index (χ4n) is 2.46. The van der Waals surface area contributed by atoms with E-state index in [1.165, 1.54) is 5.56 Å². The molecule has 0 amide bonds. The van der Waals surface area contributed by atoms with E-state index in [0.29, 0.717) is 5.02 Å². The largest absolute Gasteiger partial charge is 0.497 e. The molecular weight excluding hydrogens is 274 g/mol. The molecule has 1 atom stereocenters. The van der Waals surface area contributed by atoms with Crippen molar-refractivity contribution in [2.24, 2.45) is 7.05 Å². The van der Waals surface area contributed by atoms with Gasteiger partial charge in [0.1, 0.15) is 5.75 Å². The van der Waals surface area contributed by atoms with Crippen molar-refractivity contribution in [3.63, 3.8) is 0 Å². The lowest BCUT2D eigenvalue weighted by Crippen LogP contribution is -2.09. The van der Waals surface area contributed by atoms with Gasteiger partial charge in [-0.3, -0.25) is 4.68 Å². The van der Waals surface area contributed by atoms with Crippen LogP contribution in [0.3, 0.4) is 0 Å². The summed E-state index contributed by atoms with van der Waals surface area (Å²) in [7, 11) is 3.60. The van der Waals surface area contributed by atoms with E-state index >= 15 is 0 Å². The van der Waals surface area contributed by atoms with Gasteiger partial charge in [0.2, 0.25) is 0 Å². The van der Waals surface area contributed by atoms with Gasteiger partial charge in [0.15, 0.2) is 0 Å². The minimum absolute atomic E-state index is 0.119. The predicted octanol–water partition coefficient (Wildman–Crippen LogP) is 3.87. The van der Waals surface area contributed by atoms with Gasteiger partial charge >= 0.3 is 0 Å². The number of benzene rings is 1. The molecule has 108 valence electrons. The fourth-order valence-corrected chi connectivity index (χ4v) is 2.64. The number of methoxy groups -OCH3 is 1. The Bertz CT molecular complexity index is 622. The molecular formula is C15H20ClN3O. The normalized spacial score (nSPS) is 12.3. The van der Waals surface area contributed by atoms with Crippen molar-refractivity contribution in [2.45, 2.75) is 26.8 Å². The molecule has 0 spiro atoms. The molecule has 4 nitrogen and oxygen atoms in total. The van der Waals surface area contributed by atoms with E-state index < -0.39 is 0 Å². The number of ether oxygens (including phenoxy) is 1. The SMILES string of the molecule is COc1ccc(Cl)c(NC(C)c2c(C)nn(C)c2C)c1. The van der Waals surface area contributed by atoms with Crippen LogP contribution < -0.4 is 10.1 Å². The highest BCUT2D eigenvalue weighted by Crippen LogP contribution is 2.31. The lowest BCUT2D eigenvalue weighted by atomic mass is 10.1. The van der Waals surface area contributed by atoms with Crippen LogP contribution in [0.1, 0.15) is 29.9 Å². The van der Waals surface area contributed by atoms with Crippen LogP contribution in [0, 0.1) is 13.8 Å². The Morgan fingerprint density at radius 2 is 2.05 bits per heavy atom. The van der Waals surface area contributed by atoms with Crippen LogP contribution in [-0.4, -0.2) is 16.9 Å². The predicted molar refractivity (Wildman–Crippen MR) is 82.7 cm³/mol. The third kappa shape index (κ3) is 2.75. The smallest absolute Gasteiger partial charge is 0.121 e. The standard InChI is InChI=1S/C15H20ClN3O/c1-9(15-10(2)18-19(4)11(15)3)17-14-8-12(20-5)6-7-13(14)16/h6-9,17H,1-5H3. The van der Waals surface area contributed by atoms with Gasteiger partial charge in [-0.1, -0.05) is 11.6 Å². The van der Waals surface area contributed by atoms with Gasteiger partial charge in [-0.15, -0.1) is 0 Å². The Balaban J connectivity index is 2.29. The van der Waals surface area contributed by atoms with Crippen LogP contribution >= 0.6 is 11.6 Å². The summed E-state index contributed by atoms with van der Waals surface area (Å²) in [6.45, 7) is 6.20. The Kier molecular flexibility index (Phi) is 4.23. The first kappa shape index (κ1) is 14.7. The van der Waals surface area contributed by atoms with Crippen molar-refractivity contribution in [1.29, 1.82) is 0 Å². The number of anilines is 1. The monoisotopic (exact) mass is 293 g/mol. The average molecular weight is 294 g/mol. The zero-order chi connectivity index (χ0) is 14.9. The molecule has 1 aromatic carbocycles. The van der Waals surface area contributed by atoms with Gasteiger partial charge in [-0.25, -0.2) is 0 Å². The second kappa shape index (κ2) is 5.75. The summed E-state index contributed by atoms with van der Waals surface area (Å²) < 4.78 is 7.13. The number of aromatic nitrogens is 2. The molecule has 1 unspecified atom stereocenters. The molecule has 2 aromatic rings. The molecule has 0 aliphatic rings. The molecule has 0 aliphatic heterocycles. The van der Waals surface area contributed by atoms with Crippen molar-refractivity contribution in [3.05, 3.63) is 40.2 Å². The molecule has 0 saturated carbocycles. The molecule has 1 aromatic heterocycles. The van der Waals surface area contributed by atoms with Gasteiger partial charge in [-0.2, -0.15) is 5.10 Å². The van der Waals surface area contributed by atoms with Crippen LogP contribution in [-0.2, 0) is 7.05 Å². The van der Waals surface area contributed by atoms with E-state index in [1.807, 2.05) is 36.9 Å². The number of halogens is 1. The van der Waals surface area contributed by atoms with E-state index in [1.54, 1.807) is 7.11 Å². The lowest BCUT2D eigenvalue weighted by Gasteiger charge is -2.18. The molecule has 0 saturated heterocycles. The van der Waals surface area contributed by atoms with Crippen molar-refractivity contribution in [2.75, 3.05) is 12.4 Å². The van der Waals surface area contributed by atoms with Crippen LogP contribution in [0.5, 0.6) is 5.75 Å². The van der Waals surface area contributed by atoms with Gasteiger partial charge in [0.25, 0.3) is 0 Å².